The highest BCUT2D eigenvalue weighted by Crippen LogP contribution is 2.24. The van der Waals surface area contributed by atoms with Gasteiger partial charge in [0.15, 0.2) is 0 Å². The van der Waals surface area contributed by atoms with E-state index in [0.29, 0.717) is 6.54 Å². The average Bonchev–Trinajstić information content (AvgIpc) is 2.61. The molecule has 2 heterocycles. The fourth-order valence-corrected chi connectivity index (χ4v) is 2.67. The monoisotopic (exact) mass is 278 g/mol. The summed E-state index contributed by atoms with van der Waals surface area (Å²) in [6.45, 7) is 7.99. The van der Waals surface area contributed by atoms with Gasteiger partial charge in [-0.1, -0.05) is 20.8 Å². The van der Waals surface area contributed by atoms with Crippen molar-refractivity contribution in [1.82, 2.24) is 20.4 Å². The standard InChI is InChI=1S/C15H26N4O/c1-15(2,3)13-11(10-19(4)18-13)9-17-12-7-5-6-8-16-14(12)20/h10,12,17H,5-9H2,1-4H3,(H,16,20). The second-order valence-electron chi connectivity index (χ2n) is 6.65. The summed E-state index contributed by atoms with van der Waals surface area (Å²) in [6, 6.07) is -0.0782. The van der Waals surface area contributed by atoms with E-state index in [2.05, 4.69) is 36.5 Å². The summed E-state index contributed by atoms with van der Waals surface area (Å²) >= 11 is 0. The van der Waals surface area contributed by atoms with Crippen molar-refractivity contribution >= 4 is 5.91 Å². The van der Waals surface area contributed by atoms with Crippen molar-refractivity contribution < 1.29 is 4.79 Å². The summed E-state index contributed by atoms with van der Waals surface area (Å²) in [4.78, 5) is 11.9. The third kappa shape index (κ3) is 3.60. The van der Waals surface area contributed by atoms with Crippen molar-refractivity contribution in [3.05, 3.63) is 17.5 Å². The molecule has 2 N–H and O–H groups in total. The molecule has 112 valence electrons. The number of aryl methyl sites for hydroxylation is 1. The Balaban J connectivity index is 2.05. The molecule has 0 spiro atoms. The molecule has 1 aliphatic rings. The molecule has 1 saturated heterocycles. The minimum Gasteiger partial charge on any atom is -0.355 e. The number of carbonyl (C=O) groups is 1. The van der Waals surface area contributed by atoms with Gasteiger partial charge in [-0.15, -0.1) is 0 Å². The van der Waals surface area contributed by atoms with Crippen molar-refractivity contribution in [2.24, 2.45) is 7.05 Å². The largest absolute Gasteiger partial charge is 0.355 e. The van der Waals surface area contributed by atoms with Gasteiger partial charge < -0.3 is 10.6 Å². The maximum absolute atomic E-state index is 11.9. The van der Waals surface area contributed by atoms with Crippen molar-refractivity contribution in [2.75, 3.05) is 6.54 Å². The maximum Gasteiger partial charge on any atom is 0.237 e. The van der Waals surface area contributed by atoms with Crippen LogP contribution in [0.2, 0.25) is 0 Å². The van der Waals surface area contributed by atoms with Crippen LogP contribution in [0.5, 0.6) is 0 Å². The van der Waals surface area contributed by atoms with E-state index in [1.54, 1.807) is 0 Å². The molecule has 1 unspecified atom stereocenters. The zero-order valence-corrected chi connectivity index (χ0v) is 13.0. The highest BCUT2D eigenvalue weighted by Gasteiger charge is 2.24. The van der Waals surface area contributed by atoms with Crippen LogP contribution in [0.3, 0.4) is 0 Å². The van der Waals surface area contributed by atoms with Crippen LogP contribution >= 0.6 is 0 Å². The highest BCUT2D eigenvalue weighted by molar-refractivity contribution is 5.81. The fourth-order valence-electron chi connectivity index (χ4n) is 2.67. The van der Waals surface area contributed by atoms with Crippen LogP contribution < -0.4 is 10.6 Å². The Labute approximate surface area is 121 Å². The summed E-state index contributed by atoms with van der Waals surface area (Å²) in [7, 11) is 1.94. The van der Waals surface area contributed by atoms with Crippen LogP contribution in [-0.4, -0.2) is 28.3 Å². The summed E-state index contributed by atoms with van der Waals surface area (Å²) in [6.07, 6.45) is 5.12. The van der Waals surface area contributed by atoms with Gasteiger partial charge >= 0.3 is 0 Å². The third-order valence-corrected chi connectivity index (χ3v) is 3.69. The van der Waals surface area contributed by atoms with Gasteiger partial charge in [0.1, 0.15) is 0 Å². The van der Waals surface area contributed by atoms with Crippen LogP contribution in [0.1, 0.15) is 51.3 Å². The van der Waals surface area contributed by atoms with Crippen molar-refractivity contribution in [3.8, 4) is 0 Å². The van der Waals surface area contributed by atoms with Gasteiger partial charge in [0.25, 0.3) is 0 Å². The van der Waals surface area contributed by atoms with Crippen molar-refractivity contribution in [3.63, 3.8) is 0 Å². The number of hydrogen-bond donors (Lipinski definition) is 2. The van der Waals surface area contributed by atoms with E-state index in [9.17, 15) is 4.79 Å². The molecule has 1 atom stereocenters. The van der Waals surface area contributed by atoms with E-state index in [0.717, 1.165) is 31.5 Å². The van der Waals surface area contributed by atoms with E-state index in [-0.39, 0.29) is 17.4 Å². The number of nitrogens with one attached hydrogen (secondary N) is 2. The predicted octanol–water partition coefficient (Wildman–Crippen LogP) is 1.48. The first-order valence-electron chi connectivity index (χ1n) is 7.42. The molecule has 0 bridgehead atoms. The Morgan fingerprint density at radius 3 is 2.90 bits per heavy atom. The lowest BCUT2D eigenvalue weighted by Gasteiger charge is -2.19. The summed E-state index contributed by atoms with van der Waals surface area (Å²) in [5.41, 5.74) is 2.29. The number of nitrogens with zero attached hydrogens (tertiary/aromatic N) is 2. The molecule has 1 aromatic rings. The lowest BCUT2D eigenvalue weighted by molar-refractivity contribution is -0.122. The first kappa shape index (κ1) is 15.0. The van der Waals surface area contributed by atoms with E-state index < -0.39 is 0 Å². The minimum absolute atomic E-state index is 0.0178. The van der Waals surface area contributed by atoms with Gasteiger partial charge in [-0.2, -0.15) is 5.10 Å². The quantitative estimate of drug-likeness (QED) is 0.880. The van der Waals surface area contributed by atoms with Crippen LogP contribution in [0.15, 0.2) is 6.20 Å². The van der Waals surface area contributed by atoms with Gasteiger partial charge in [-0.25, -0.2) is 0 Å². The molecule has 2 rings (SSSR count). The van der Waals surface area contributed by atoms with Crippen LogP contribution in [-0.2, 0) is 23.8 Å². The molecule has 20 heavy (non-hydrogen) atoms. The molecular weight excluding hydrogens is 252 g/mol. The highest BCUT2D eigenvalue weighted by atomic mass is 16.2. The summed E-state index contributed by atoms with van der Waals surface area (Å²) in [5.74, 6) is 0.128. The van der Waals surface area contributed by atoms with Crippen LogP contribution in [0.4, 0.5) is 0 Å². The van der Waals surface area contributed by atoms with Crippen LogP contribution in [0, 0.1) is 0 Å². The molecule has 5 nitrogen and oxygen atoms in total. The van der Waals surface area contributed by atoms with Gasteiger partial charge in [0, 0.05) is 37.3 Å². The second-order valence-corrected chi connectivity index (χ2v) is 6.65. The molecule has 1 aromatic heterocycles. The van der Waals surface area contributed by atoms with Gasteiger partial charge in [-0.05, 0) is 19.3 Å². The molecule has 1 aliphatic heterocycles. The maximum atomic E-state index is 11.9. The van der Waals surface area contributed by atoms with E-state index >= 15 is 0 Å². The third-order valence-electron chi connectivity index (χ3n) is 3.69. The molecule has 0 radical (unpaired) electrons. The first-order valence-corrected chi connectivity index (χ1v) is 7.42. The topological polar surface area (TPSA) is 59.0 Å². The lowest BCUT2D eigenvalue weighted by atomic mass is 9.89. The van der Waals surface area contributed by atoms with Crippen molar-refractivity contribution in [2.45, 2.75) is 58.0 Å². The molecule has 0 aliphatic carbocycles. The zero-order chi connectivity index (χ0) is 14.8. The smallest absolute Gasteiger partial charge is 0.237 e. The normalized spacial score (nSPS) is 20.6. The lowest BCUT2D eigenvalue weighted by Crippen LogP contribution is -2.42. The number of rotatable bonds is 3. The van der Waals surface area contributed by atoms with Gasteiger partial charge in [-0.3, -0.25) is 9.48 Å². The predicted molar refractivity (Wildman–Crippen MR) is 79.4 cm³/mol. The fraction of sp³-hybridized carbons (Fsp3) is 0.733. The molecule has 0 aromatic carbocycles. The second kappa shape index (κ2) is 5.95. The Bertz CT molecular complexity index is 473. The van der Waals surface area contributed by atoms with E-state index in [1.807, 2.05) is 17.9 Å². The molecule has 1 fully saturated rings. The Morgan fingerprint density at radius 1 is 1.45 bits per heavy atom. The number of amides is 1. The summed E-state index contributed by atoms with van der Waals surface area (Å²) in [5, 5.41) is 10.9. The Morgan fingerprint density at radius 2 is 2.20 bits per heavy atom. The molecular formula is C15H26N4O. The minimum atomic E-state index is -0.0782. The first-order chi connectivity index (χ1) is 9.38. The Kier molecular flexibility index (Phi) is 4.48. The summed E-state index contributed by atoms with van der Waals surface area (Å²) < 4.78 is 1.85. The van der Waals surface area contributed by atoms with Gasteiger partial charge in [0.05, 0.1) is 11.7 Å². The molecule has 1 amide bonds. The SMILES string of the molecule is Cn1cc(CNC2CCCCNC2=O)c(C(C)(C)C)n1. The van der Waals surface area contributed by atoms with Crippen molar-refractivity contribution in [1.29, 1.82) is 0 Å². The average molecular weight is 278 g/mol. The van der Waals surface area contributed by atoms with Crippen LogP contribution in [0.25, 0.3) is 0 Å². The van der Waals surface area contributed by atoms with Gasteiger partial charge in [0.2, 0.25) is 5.91 Å². The number of carbonyl (C=O) groups excluding carboxylic acids is 1. The number of hydrogen-bond acceptors (Lipinski definition) is 3. The zero-order valence-electron chi connectivity index (χ0n) is 13.0. The molecule has 0 saturated carbocycles. The molecule has 5 heteroatoms. The van der Waals surface area contributed by atoms with E-state index in [4.69, 9.17) is 0 Å². The Hall–Kier alpha value is -1.36. The van der Waals surface area contributed by atoms with E-state index in [1.165, 1.54) is 5.56 Å². The number of aromatic nitrogens is 2.